The van der Waals surface area contributed by atoms with Crippen molar-refractivity contribution in [3.05, 3.63) is 40.8 Å². The van der Waals surface area contributed by atoms with Gasteiger partial charge in [-0.2, -0.15) is 0 Å². The predicted octanol–water partition coefficient (Wildman–Crippen LogP) is 4.11. The van der Waals surface area contributed by atoms with Crippen LogP contribution in [0.5, 0.6) is 0 Å². The Hall–Kier alpha value is -1.61. The number of carbonyl (C=O) groups is 1. The van der Waals surface area contributed by atoms with Crippen LogP contribution in [0.25, 0.3) is 11.1 Å². The van der Waals surface area contributed by atoms with E-state index < -0.39 is 0 Å². The SMILES string of the molecule is Cc1sc2c(c1-c1ccccc1)C(=O)CCCN2. The highest BCUT2D eigenvalue weighted by molar-refractivity contribution is 7.17. The van der Waals surface area contributed by atoms with Gasteiger partial charge in [0.2, 0.25) is 0 Å². The second kappa shape index (κ2) is 4.58. The Balaban J connectivity index is 2.21. The van der Waals surface area contributed by atoms with Crippen LogP contribution in [0.3, 0.4) is 0 Å². The highest BCUT2D eigenvalue weighted by Crippen LogP contribution is 2.41. The number of carbonyl (C=O) groups excluding carboxylic acids is 1. The number of thiophene rings is 1. The van der Waals surface area contributed by atoms with E-state index in [1.54, 1.807) is 11.3 Å². The molecule has 1 N–H and O–H groups in total. The van der Waals surface area contributed by atoms with Gasteiger partial charge in [0.15, 0.2) is 5.78 Å². The molecular weight excluding hydrogens is 242 g/mol. The predicted molar refractivity (Wildman–Crippen MR) is 76.5 cm³/mol. The third-order valence-corrected chi connectivity index (χ3v) is 4.35. The fraction of sp³-hybridized carbons (Fsp3) is 0.267. The molecule has 1 aromatic heterocycles. The Morgan fingerprint density at radius 2 is 1.94 bits per heavy atom. The zero-order valence-corrected chi connectivity index (χ0v) is 11.1. The zero-order valence-electron chi connectivity index (χ0n) is 10.3. The summed E-state index contributed by atoms with van der Waals surface area (Å²) in [7, 11) is 0. The lowest BCUT2D eigenvalue weighted by Crippen LogP contribution is -1.98. The Kier molecular flexibility index (Phi) is 2.92. The molecule has 0 radical (unpaired) electrons. The van der Waals surface area contributed by atoms with E-state index in [2.05, 4.69) is 24.4 Å². The molecule has 92 valence electrons. The Morgan fingerprint density at radius 3 is 2.72 bits per heavy atom. The van der Waals surface area contributed by atoms with E-state index in [-0.39, 0.29) is 5.78 Å². The van der Waals surface area contributed by atoms with Crippen LogP contribution >= 0.6 is 11.3 Å². The first-order valence-electron chi connectivity index (χ1n) is 6.23. The first-order valence-corrected chi connectivity index (χ1v) is 7.05. The number of aryl methyl sites for hydroxylation is 1. The van der Waals surface area contributed by atoms with Crippen LogP contribution in [0, 0.1) is 6.92 Å². The van der Waals surface area contributed by atoms with Crippen LogP contribution in [0.2, 0.25) is 0 Å². The van der Waals surface area contributed by atoms with Crippen molar-refractivity contribution in [2.24, 2.45) is 0 Å². The third-order valence-electron chi connectivity index (χ3n) is 3.29. The minimum absolute atomic E-state index is 0.276. The van der Waals surface area contributed by atoms with Gasteiger partial charge in [-0.3, -0.25) is 4.79 Å². The lowest BCUT2D eigenvalue weighted by atomic mass is 9.98. The summed E-state index contributed by atoms with van der Waals surface area (Å²) < 4.78 is 0. The van der Waals surface area contributed by atoms with Gasteiger partial charge in [0.25, 0.3) is 0 Å². The number of fused-ring (bicyclic) bond motifs is 1. The highest BCUT2D eigenvalue weighted by atomic mass is 32.1. The molecule has 0 saturated carbocycles. The van der Waals surface area contributed by atoms with E-state index in [1.807, 2.05) is 18.2 Å². The van der Waals surface area contributed by atoms with Gasteiger partial charge in [-0.25, -0.2) is 0 Å². The first-order chi connectivity index (χ1) is 8.77. The third kappa shape index (κ3) is 1.85. The van der Waals surface area contributed by atoms with Gasteiger partial charge in [-0.05, 0) is 18.9 Å². The molecule has 0 saturated heterocycles. The van der Waals surface area contributed by atoms with Crippen LogP contribution in [-0.2, 0) is 0 Å². The van der Waals surface area contributed by atoms with E-state index in [4.69, 9.17) is 0 Å². The molecule has 2 heterocycles. The second-order valence-corrected chi connectivity index (χ2v) is 5.78. The molecule has 3 rings (SSSR count). The molecule has 1 aliphatic heterocycles. The maximum absolute atomic E-state index is 12.3. The van der Waals surface area contributed by atoms with Gasteiger partial charge >= 0.3 is 0 Å². The molecule has 2 nitrogen and oxygen atoms in total. The van der Waals surface area contributed by atoms with Crippen molar-refractivity contribution in [2.75, 3.05) is 11.9 Å². The lowest BCUT2D eigenvalue weighted by Gasteiger charge is -2.05. The van der Waals surface area contributed by atoms with Crippen molar-refractivity contribution in [3.63, 3.8) is 0 Å². The van der Waals surface area contributed by atoms with Gasteiger partial charge < -0.3 is 5.32 Å². The topological polar surface area (TPSA) is 29.1 Å². The minimum atomic E-state index is 0.276. The standard InChI is InChI=1S/C15H15NOS/c1-10-13(11-6-3-2-4-7-11)14-12(17)8-5-9-16-15(14)18-10/h2-4,6-7,16H,5,8-9H2,1H3. The molecule has 0 spiro atoms. The Bertz CT molecular complexity index is 586. The van der Waals surface area contributed by atoms with E-state index >= 15 is 0 Å². The number of rotatable bonds is 1. The summed E-state index contributed by atoms with van der Waals surface area (Å²) in [5.41, 5.74) is 3.17. The average molecular weight is 257 g/mol. The largest absolute Gasteiger partial charge is 0.376 e. The number of nitrogens with one attached hydrogen (secondary N) is 1. The van der Waals surface area contributed by atoms with Crippen molar-refractivity contribution < 1.29 is 4.79 Å². The van der Waals surface area contributed by atoms with Gasteiger partial charge in [-0.15, -0.1) is 11.3 Å². The van der Waals surface area contributed by atoms with Crippen molar-refractivity contribution in [2.45, 2.75) is 19.8 Å². The fourth-order valence-electron chi connectivity index (χ4n) is 2.46. The van der Waals surface area contributed by atoms with Gasteiger partial charge in [0.05, 0.1) is 5.56 Å². The molecule has 18 heavy (non-hydrogen) atoms. The number of anilines is 1. The Morgan fingerprint density at radius 1 is 1.17 bits per heavy atom. The molecule has 0 bridgehead atoms. The van der Waals surface area contributed by atoms with E-state index in [1.165, 1.54) is 4.88 Å². The molecule has 0 fully saturated rings. The van der Waals surface area contributed by atoms with Gasteiger partial charge in [-0.1, -0.05) is 30.3 Å². The molecule has 1 aromatic carbocycles. The summed E-state index contributed by atoms with van der Waals surface area (Å²) in [6.45, 7) is 2.99. The van der Waals surface area contributed by atoms with Crippen molar-refractivity contribution in [3.8, 4) is 11.1 Å². The zero-order chi connectivity index (χ0) is 12.5. The normalized spacial score (nSPS) is 14.8. The fourth-order valence-corrected chi connectivity index (χ4v) is 3.58. The monoisotopic (exact) mass is 257 g/mol. The second-order valence-electron chi connectivity index (χ2n) is 4.56. The summed E-state index contributed by atoms with van der Waals surface area (Å²) >= 11 is 1.70. The van der Waals surface area contributed by atoms with Crippen molar-refractivity contribution in [1.29, 1.82) is 0 Å². The smallest absolute Gasteiger partial charge is 0.166 e. The number of ketones is 1. The van der Waals surface area contributed by atoms with E-state index in [0.717, 1.165) is 34.7 Å². The maximum Gasteiger partial charge on any atom is 0.166 e. The van der Waals surface area contributed by atoms with Crippen molar-refractivity contribution in [1.82, 2.24) is 0 Å². The van der Waals surface area contributed by atoms with Gasteiger partial charge in [0, 0.05) is 23.4 Å². The van der Waals surface area contributed by atoms with E-state index in [0.29, 0.717) is 6.42 Å². The minimum Gasteiger partial charge on any atom is -0.376 e. The molecule has 0 unspecified atom stereocenters. The Labute approximate surface area is 111 Å². The summed E-state index contributed by atoms with van der Waals surface area (Å²) in [5, 5.41) is 4.43. The molecule has 0 aliphatic carbocycles. The van der Waals surface area contributed by atoms with Gasteiger partial charge in [0.1, 0.15) is 5.00 Å². The molecular formula is C15H15NOS. The van der Waals surface area contributed by atoms with Crippen LogP contribution in [0.15, 0.2) is 30.3 Å². The molecule has 3 heteroatoms. The number of hydrogen-bond donors (Lipinski definition) is 1. The number of benzene rings is 1. The molecule has 2 aromatic rings. The van der Waals surface area contributed by atoms with Crippen molar-refractivity contribution >= 4 is 22.1 Å². The lowest BCUT2D eigenvalue weighted by molar-refractivity contribution is 0.0984. The molecule has 0 atom stereocenters. The summed E-state index contributed by atoms with van der Waals surface area (Å²) in [6, 6.07) is 10.2. The van der Waals surface area contributed by atoms with E-state index in [9.17, 15) is 4.79 Å². The number of hydrogen-bond acceptors (Lipinski definition) is 3. The number of Topliss-reactive ketones (excluding diaryl/α,β-unsaturated/α-hetero) is 1. The highest BCUT2D eigenvalue weighted by Gasteiger charge is 2.24. The summed E-state index contributed by atoms with van der Waals surface area (Å²) in [6.07, 6.45) is 1.57. The molecule has 0 amide bonds. The summed E-state index contributed by atoms with van der Waals surface area (Å²) in [5.74, 6) is 0.276. The van der Waals surface area contributed by atoms with Crippen LogP contribution < -0.4 is 5.32 Å². The first kappa shape index (κ1) is 11.5. The van der Waals surface area contributed by atoms with Crippen LogP contribution in [0.4, 0.5) is 5.00 Å². The van der Waals surface area contributed by atoms with Crippen LogP contribution in [-0.4, -0.2) is 12.3 Å². The summed E-state index contributed by atoms with van der Waals surface area (Å²) in [4.78, 5) is 13.5. The maximum atomic E-state index is 12.3. The van der Waals surface area contributed by atoms with Crippen LogP contribution in [0.1, 0.15) is 28.1 Å². The molecule has 1 aliphatic rings. The quantitative estimate of drug-likeness (QED) is 0.833. The average Bonchev–Trinajstić information content (AvgIpc) is 2.62.